The minimum atomic E-state index is 0.0131. The van der Waals surface area contributed by atoms with E-state index in [1.165, 1.54) is 0 Å². The lowest BCUT2D eigenvalue weighted by molar-refractivity contribution is 0.979. The summed E-state index contributed by atoms with van der Waals surface area (Å²) in [4.78, 5) is 4.15. The van der Waals surface area contributed by atoms with Crippen molar-refractivity contribution < 1.29 is 0 Å². The average Bonchev–Trinajstić information content (AvgIpc) is 2.34. The van der Waals surface area contributed by atoms with Crippen LogP contribution < -0.4 is 0 Å². The molecule has 0 saturated carbocycles. The Balaban J connectivity index is 2.45. The second kappa shape index (κ2) is 2.50. The van der Waals surface area contributed by atoms with E-state index in [2.05, 4.69) is 4.99 Å². The van der Waals surface area contributed by atoms with Gasteiger partial charge in [-0.3, -0.25) is 4.99 Å². The first-order valence-corrected chi connectivity index (χ1v) is 4.00. The van der Waals surface area contributed by atoms with Gasteiger partial charge >= 0.3 is 0 Å². The van der Waals surface area contributed by atoms with Crippen LogP contribution in [0.25, 0.3) is 0 Å². The van der Waals surface area contributed by atoms with Crippen LogP contribution in [-0.2, 0) is 0 Å². The minimum absolute atomic E-state index is 0.0131. The summed E-state index contributed by atoms with van der Waals surface area (Å²) in [6.45, 7) is 0. The molecule has 3 heteroatoms. The van der Waals surface area contributed by atoms with Crippen molar-refractivity contribution in [1.29, 1.82) is 0 Å². The highest BCUT2D eigenvalue weighted by atomic mass is 35.5. The summed E-state index contributed by atoms with van der Waals surface area (Å²) in [7, 11) is 0. The molecule has 0 saturated heterocycles. The molecule has 2 aliphatic rings. The largest absolute Gasteiger partial charge is 0.279 e. The molecule has 0 bridgehead atoms. The van der Waals surface area contributed by atoms with E-state index in [1.807, 2.05) is 12.2 Å². The maximum Gasteiger partial charge on any atom is 0.111 e. The third-order valence-corrected chi connectivity index (χ3v) is 2.19. The minimum Gasteiger partial charge on any atom is -0.279 e. The van der Waals surface area contributed by atoms with Crippen molar-refractivity contribution >= 4 is 29.4 Å². The molecule has 0 unspecified atom stereocenters. The van der Waals surface area contributed by atoms with Crippen molar-refractivity contribution in [2.75, 3.05) is 0 Å². The number of allylic oxidation sites excluding steroid dienone is 3. The molecule has 0 radical (unpaired) electrons. The summed E-state index contributed by atoms with van der Waals surface area (Å²) < 4.78 is 0. The molecule has 0 aromatic heterocycles. The quantitative estimate of drug-likeness (QED) is 0.551. The van der Waals surface area contributed by atoms with Gasteiger partial charge < -0.3 is 0 Å². The van der Waals surface area contributed by atoms with Crippen molar-refractivity contribution in [2.45, 2.75) is 6.04 Å². The third-order valence-electron chi connectivity index (χ3n) is 1.66. The van der Waals surface area contributed by atoms with Crippen molar-refractivity contribution in [2.24, 2.45) is 4.99 Å². The zero-order valence-corrected chi connectivity index (χ0v) is 7.10. The van der Waals surface area contributed by atoms with Gasteiger partial charge in [0.05, 0.1) is 0 Å². The summed E-state index contributed by atoms with van der Waals surface area (Å²) in [6.07, 6.45) is 7.28. The summed E-state index contributed by atoms with van der Waals surface area (Å²) in [5.41, 5.74) is 1.07. The van der Waals surface area contributed by atoms with Gasteiger partial charge in [-0.25, -0.2) is 0 Å². The first-order valence-electron chi connectivity index (χ1n) is 3.25. The number of hydrogen-bond acceptors (Lipinski definition) is 1. The number of nitrogens with zero attached hydrogens (tertiary/aromatic N) is 1. The van der Waals surface area contributed by atoms with E-state index in [0.717, 1.165) is 5.57 Å². The second-order valence-corrected chi connectivity index (χ2v) is 3.30. The Labute approximate surface area is 74.7 Å². The van der Waals surface area contributed by atoms with Crippen LogP contribution >= 0.6 is 23.2 Å². The lowest BCUT2D eigenvalue weighted by Crippen LogP contribution is -2.07. The van der Waals surface area contributed by atoms with Gasteiger partial charge in [-0.1, -0.05) is 23.2 Å². The SMILES string of the molecule is ClC1=CC2=CC=N[C@H]2C(Cl)=C1. The second-order valence-electron chi connectivity index (χ2n) is 2.43. The molecule has 1 aliphatic carbocycles. The standard InChI is InChI=1S/C8H5Cl2N/c9-6-3-5-1-2-11-8(5)7(10)4-6/h1-4,8H/t8-/m1/s1. The van der Waals surface area contributed by atoms with Crippen molar-refractivity contribution in [1.82, 2.24) is 0 Å². The van der Waals surface area contributed by atoms with Crippen LogP contribution in [-0.4, -0.2) is 12.3 Å². The highest BCUT2D eigenvalue weighted by Gasteiger charge is 2.21. The van der Waals surface area contributed by atoms with E-state index in [9.17, 15) is 0 Å². The molecule has 0 N–H and O–H groups in total. The Morgan fingerprint density at radius 2 is 2.09 bits per heavy atom. The Morgan fingerprint density at radius 1 is 1.27 bits per heavy atom. The normalized spacial score (nSPS) is 27.5. The number of hydrogen-bond donors (Lipinski definition) is 0. The molecule has 0 amide bonds. The number of halogens is 2. The summed E-state index contributed by atoms with van der Waals surface area (Å²) in [5.74, 6) is 0. The molecule has 0 aromatic rings. The monoisotopic (exact) mass is 185 g/mol. The highest BCUT2D eigenvalue weighted by Crippen LogP contribution is 2.31. The Kier molecular flexibility index (Phi) is 1.63. The van der Waals surface area contributed by atoms with Gasteiger partial charge in [0.2, 0.25) is 0 Å². The molecule has 1 nitrogen and oxygen atoms in total. The van der Waals surface area contributed by atoms with E-state index >= 15 is 0 Å². The number of fused-ring (bicyclic) bond motifs is 1. The van der Waals surface area contributed by atoms with E-state index in [4.69, 9.17) is 23.2 Å². The highest BCUT2D eigenvalue weighted by molar-refractivity contribution is 6.36. The fourth-order valence-electron chi connectivity index (χ4n) is 1.16. The molecule has 11 heavy (non-hydrogen) atoms. The molecule has 56 valence electrons. The van der Waals surface area contributed by atoms with E-state index in [1.54, 1.807) is 12.3 Å². The lowest BCUT2D eigenvalue weighted by Gasteiger charge is -2.13. The van der Waals surface area contributed by atoms with E-state index < -0.39 is 0 Å². The lowest BCUT2D eigenvalue weighted by atomic mass is 10.0. The van der Waals surface area contributed by atoms with E-state index in [0.29, 0.717) is 10.1 Å². The van der Waals surface area contributed by atoms with Crippen LogP contribution in [0, 0.1) is 0 Å². The molecular formula is C8H5Cl2N. The van der Waals surface area contributed by atoms with Gasteiger partial charge in [0.15, 0.2) is 0 Å². The summed E-state index contributed by atoms with van der Waals surface area (Å²) >= 11 is 11.7. The fourth-order valence-corrected chi connectivity index (χ4v) is 1.76. The summed E-state index contributed by atoms with van der Waals surface area (Å²) in [5, 5.41) is 1.36. The van der Waals surface area contributed by atoms with Crippen LogP contribution in [0.4, 0.5) is 0 Å². The first-order chi connectivity index (χ1) is 5.27. The fraction of sp³-hybridized carbons (Fsp3) is 0.125. The van der Waals surface area contributed by atoms with Gasteiger partial charge in [-0.05, 0) is 23.8 Å². The molecule has 1 heterocycles. The Morgan fingerprint density at radius 3 is 2.91 bits per heavy atom. The Bertz CT molecular complexity index is 310. The predicted octanol–water partition coefficient (Wildman–Crippen LogP) is 2.62. The molecule has 0 spiro atoms. The van der Waals surface area contributed by atoms with Gasteiger partial charge in [0.25, 0.3) is 0 Å². The molecule has 0 fully saturated rings. The smallest absolute Gasteiger partial charge is 0.111 e. The molecule has 1 atom stereocenters. The van der Waals surface area contributed by atoms with E-state index in [-0.39, 0.29) is 6.04 Å². The number of rotatable bonds is 0. The van der Waals surface area contributed by atoms with Gasteiger partial charge in [0, 0.05) is 16.3 Å². The van der Waals surface area contributed by atoms with Crippen LogP contribution in [0.15, 0.2) is 38.9 Å². The van der Waals surface area contributed by atoms with Crippen molar-refractivity contribution in [3.8, 4) is 0 Å². The summed E-state index contributed by atoms with van der Waals surface area (Å²) in [6, 6.07) is 0.0131. The Hall–Kier alpha value is -0.530. The third kappa shape index (κ3) is 1.15. The predicted molar refractivity (Wildman–Crippen MR) is 48.2 cm³/mol. The van der Waals surface area contributed by atoms with Gasteiger partial charge in [0.1, 0.15) is 6.04 Å². The molecular weight excluding hydrogens is 181 g/mol. The van der Waals surface area contributed by atoms with Crippen LogP contribution in [0.3, 0.4) is 0 Å². The maximum atomic E-state index is 5.89. The molecule has 2 rings (SSSR count). The van der Waals surface area contributed by atoms with Crippen LogP contribution in [0.2, 0.25) is 0 Å². The zero-order valence-electron chi connectivity index (χ0n) is 5.59. The molecule has 1 aliphatic heterocycles. The first kappa shape index (κ1) is 7.14. The van der Waals surface area contributed by atoms with Crippen LogP contribution in [0.5, 0.6) is 0 Å². The van der Waals surface area contributed by atoms with Crippen molar-refractivity contribution in [3.63, 3.8) is 0 Å². The van der Waals surface area contributed by atoms with Gasteiger partial charge in [-0.15, -0.1) is 0 Å². The average molecular weight is 186 g/mol. The van der Waals surface area contributed by atoms with Gasteiger partial charge in [-0.2, -0.15) is 0 Å². The molecule has 0 aromatic carbocycles. The zero-order chi connectivity index (χ0) is 7.84. The topological polar surface area (TPSA) is 12.4 Å². The van der Waals surface area contributed by atoms with Crippen molar-refractivity contribution in [3.05, 3.63) is 33.9 Å². The maximum absolute atomic E-state index is 5.89. The van der Waals surface area contributed by atoms with Crippen LogP contribution in [0.1, 0.15) is 0 Å². The number of aliphatic imine (C=N–C) groups is 1.